The summed E-state index contributed by atoms with van der Waals surface area (Å²) < 4.78 is 28.4. The molecule has 1 heterocycles. The first-order valence-corrected chi connectivity index (χ1v) is 15.7. The molecule has 0 spiro atoms. The summed E-state index contributed by atoms with van der Waals surface area (Å²) in [4.78, 5) is 32.3. The Morgan fingerprint density at radius 3 is 2.09 bits per heavy atom. The zero-order valence-corrected chi connectivity index (χ0v) is 25.3. The Labute approximate surface area is 252 Å². The van der Waals surface area contributed by atoms with E-state index in [1.54, 1.807) is 23.1 Å². The molecule has 8 heteroatoms. The third-order valence-electron chi connectivity index (χ3n) is 7.68. The zero-order valence-electron chi connectivity index (χ0n) is 24.5. The molecule has 0 atom stereocenters. The van der Waals surface area contributed by atoms with Gasteiger partial charge in [0.25, 0.3) is 15.9 Å². The SMILES string of the molecule is CC(C)c1ccc(N(C)S(=O)(=O)c2ccc3[nH]cc(C(=O)N(CCc4ccccc4)Cc4ccccc4)c(=O)c3c2)cc1. The van der Waals surface area contributed by atoms with Gasteiger partial charge >= 0.3 is 0 Å². The molecule has 0 saturated carbocycles. The Hall–Kier alpha value is -4.69. The summed E-state index contributed by atoms with van der Waals surface area (Å²) in [5.41, 5.74) is 3.54. The fourth-order valence-corrected chi connectivity index (χ4v) is 6.24. The number of aromatic nitrogens is 1. The smallest absolute Gasteiger partial charge is 0.264 e. The summed E-state index contributed by atoms with van der Waals surface area (Å²) in [6.45, 7) is 4.89. The maximum Gasteiger partial charge on any atom is 0.264 e. The van der Waals surface area contributed by atoms with Crippen LogP contribution >= 0.6 is 0 Å². The normalized spacial score (nSPS) is 11.5. The highest BCUT2D eigenvalue weighted by Crippen LogP contribution is 2.26. The number of nitrogens with one attached hydrogen (secondary N) is 1. The van der Waals surface area contributed by atoms with E-state index in [0.717, 1.165) is 16.7 Å². The molecule has 5 aromatic rings. The summed E-state index contributed by atoms with van der Waals surface area (Å²) in [6.07, 6.45) is 2.04. The Balaban J connectivity index is 1.47. The van der Waals surface area contributed by atoms with Crippen LogP contribution in [0.2, 0.25) is 0 Å². The highest BCUT2D eigenvalue weighted by Gasteiger charge is 2.24. The number of carbonyl (C=O) groups excluding carboxylic acids is 1. The van der Waals surface area contributed by atoms with Gasteiger partial charge in [0.1, 0.15) is 5.56 Å². The van der Waals surface area contributed by atoms with Gasteiger partial charge in [-0.05, 0) is 59.4 Å². The fourth-order valence-electron chi connectivity index (χ4n) is 5.02. The number of H-pyrrole nitrogens is 1. The lowest BCUT2D eigenvalue weighted by Crippen LogP contribution is -2.35. The van der Waals surface area contributed by atoms with Crippen LogP contribution in [0, 0.1) is 0 Å². The van der Waals surface area contributed by atoms with E-state index in [1.165, 1.54) is 29.7 Å². The predicted molar refractivity (Wildman–Crippen MR) is 172 cm³/mol. The van der Waals surface area contributed by atoms with Crippen molar-refractivity contribution >= 4 is 32.5 Å². The van der Waals surface area contributed by atoms with Gasteiger partial charge in [-0.1, -0.05) is 86.6 Å². The summed E-state index contributed by atoms with van der Waals surface area (Å²) >= 11 is 0. The van der Waals surface area contributed by atoms with Crippen molar-refractivity contribution in [1.82, 2.24) is 9.88 Å². The molecular formula is C35H35N3O4S. The van der Waals surface area contributed by atoms with Crippen molar-refractivity contribution in [2.24, 2.45) is 0 Å². The van der Waals surface area contributed by atoms with Crippen molar-refractivity contribution in [2.45, 2.75) is 37.6 Å². The standard InChI is InChI=1S/C35H35N3O4S/c1-25(2)28-14-16-29(17-15-28)37(3)43(41,42)30-18-19-33-31(22-30)34(39)32(23-36-33)35(40)38(24-27-12-8-5-9-13-27)21-20-26-10-6-4-7-11-26/h4-19,22-23,25H,20-21,24H2,1-3H3,(H,36,39). The van der Waals surface area contributed by atoms with Crippen molar-refractivity contribution in [2.75, 3.05) is 17.9 Å². The number of hydrogen-bond acceptors (Lipinski definition) is 4. The fraction of sp³-hybridized carbons (Fsp3) is 0.200. The number of pyridine rings is 1. The van der Waals surface area contributed by atoms with Crippen LogP contribution < -0.4 is 9.73 Å². The Kier molecular flexibility index (Phi) is 8.78. The van der Waals surface area contributed by atoms with E-state index >= 15 is 0 Å². The van der Waals surface area contributed by atoms with Crippen LogP contribution in [0.5, 0.6) is 0 Å². The van der Waals surface area contributed by atoms with Crippen LogP contribution in [-0.4, -0.2) is 37.8 Å². The van der Waals surface area contributed by atoms with E-state index in [0.29, 0.717) is 36.6 Å². The van der Waals surface area contributed by atoms with Crippen LogP contribution in [0.3, 0.4) is 0 Å². The lowest BCUT2D eigenvalue weighted by Gasteiger charge is -2.23. The van der Waals surface area contributed by atoms with E-state index in [2.05, 4.69) is 18.8 Å². The highest BCUT2D eigenvalue weighted by atomic mass is 32.2. The molecule has 1 N–H and O–H groups in total. The zero-order chi connectivity index (χ0) is 30.6. The molecule has 0 aliphatic rings. The van der Waals surface area contributed by atoms with Gasteiger partial charge in [-0.25, -0.2) is 8.42 Å². The highest BCUT2D eigenvalue weighted by molar-refractivity contribution is 7.92. The molecule has 5 rings (SSSR count). The van der Waals surface area contributed by atoms with Gasteiger partial charge in [-0.15, -0.1) is 0 Å². The number of amides is 1. The Bertz CT molecular complexity index is 1890. The van der Waals surface area contributed by atoms with E-state index in [-0.39, 0.29) is 15.8 Å². The molecule has 1 amide bonds. The first kappa shape index (κ1) is 29.8. The third kappa shape index (κ3) is 6.54. The molecule has 0 radical (unpaired) electrons. The van der Waals surface area contributed by atoms with Gasteiger partial charge in [0.15, 0.2) is 0 Å². The second kappa shape index (κ2) is 12.7. The van der Waals surface area contributed by atoms with Crippen molar-refractivity contribution in [3.05, 3.63) is 142 Å². The summed E-state index contributed by atoms with van der Waals surface area (Å²) in [6, 6.07) is 31.2. The minimum absolute atomic E-state index is 0.0317. The minimum Gasteiger partial charge on any atom is -0.360 e. The first-order chi connectivity index (χ1) is 20.6. The number of benzene rings is 4. The second-order valence-electron chi connectivity index (χ2n) is 10.9. The van der Waals surface area contributed by atoms with E-state index in [1.807, 2.05) is 72.8 Å². The van der Waals surface area contributed by atoms with Crippen molar-refractivity contribution in [3.8, 4) is 0 Å². The molecule has 0 fully saturated rings. The lowest BCUT2D eigenvalue weighted by molar-refractivity contribution is 0.0743. The number of carbonyl (C=O) groups is 1. The molecule has 0 aliphatic carbocycles. The van der Waals surface area contributed by atoms with Crippen LogP contribution in [0.4, 0.5) is 5.69 Å². The van der Waals surface area contributed by atoms with Crippen LogP contribution in [0.1, 0.15) is 46.8 Å². The van der Waals surface area contributed by atoms with Gasteiger partial charge in [-0.2, -0.15) is 0 Å². The van der Waals surface area contributed by atoms with Crippen molar-refractivity contribution in [1.29, 1.82) is 0 Å². The van der Waals surface area contributed by atoms with Crippen LogP contribution in [0.25, 0.3) is 10.9 Å². The average Bonchev–Trinajstić information content (AvgIpc) is 3.03. The van der Waals surface area contributed by atoms with Gasteiger partial charge in [-0.3, -0.25) is 13.9 Å². The summed E-state index contributed by atoms with van der Waals surface area (Å²) in [7, 11) is -2.49. The second-order valence-corrected chi connectivity index (χ2v) is 12.9. The quantitative estimate of drug-likeness (QED) is 0.204. The first-order valence-electron chi connectivity index (χ1n) is 14.3. The average molecular weight is 594 g/mol. The molecule has 0 unspecified atom stereocenters. The number of nitrogens with zero attached hydrogens (tertiary/aromatic N) is 2. The summed E-state index contributed by atoms with van der Waals surface area (Å²) in [5.74, 6) is -0.0967. The molecule has 7 nitrogen and oxygen atoms in total. The third-order valence-corrected chi connectivity index (χ3v) is 9.46. The van der Waals surface area contributed by atoms with Gasteiger partial charge in [0.05, 0.1) is 10.6 Å². The van der Waals surface area contributed by atoms with E-state index < -0.39 is 21.4 Å². The molecule has 0 saturated heterocycles. The number of fused-ring (bicyclic) bond motifs is 1. The summed E-state index contributed by atoms with van der Waals surface area (Å²) in [5, 5.41) is 0.137. The van der Waals surface area contributed by atoms with Crippen molar-refractivity contribution in [3.63, 3.8) is 0 Å². The van der Waals surface area contributed by atoms with Crippen LogP contribution in [-0.2, 0) is 23.0 Å². The number of rotatable bonds is 10. The lowest BCUT2D eigenvalue weighted by atomic mass is 10.0. The van der Waals surface area contributed by atoms with Gasteiger partial charge in [0, 0.05) is 37.2 Å². The Morgan fingerprint density at radius 2 is 1.47 bits per heavy atom. The van der Waals surface area contributed by atoms with E-state index in [4.69, 9.17) is 0 Å². The largest absolute Gasteiger partial charge is 0.360 e. The van der Waals surface area contributed by atoms with Gasteiger partial charge in [0.2, 0.25) is 5.43 Å². The minimum atomic E-state index is -3.98. The predicted octanol–water partition coefficient (Wildman–Crippen LogP) is 6.36. The monoisotopic (exact) mass is 593 g/mol. The molecule has 43 heavy (non-hydrogen) atoms. The molecule has 1 aromatic heterocycles. The molecule has 0 aliphatic heterocycles. The van der Waals surface area contributed by atoms with Crippen molar-refractivity contribution < 1.29 is 13.2 Å². The molecule has 0 bridgehead atoms. The number of sulfonamides is 1. The molecule has 220 valence electrons. The number of anilines is 1. The number of aromatic amines is 1. The van der Waals surface area contributed by atoms with Gasteiger partial charge < -0.3 is 9.88 Å². The van der Waals surface area contributed by atoms with E-state index in [9.17, 15) is 18.0 Å². The Morgan fingerprint density at radius 1 is 0.837 bits per heavy atom. The molecular weight excluding hydrogens is 558 g/mol. The maximum absolute atomic E-state index is 13.9. The van der Waals surface area contributed by atoms with Crippen LogP contribution in [0.15, 0.2) is 119 Å². The maximum atomic E-state index is 13.9. The topological polar surface area (TPSA) is 90.6 Å². The number of hydrogen-bond donors (Lipinski definition) is 1. The molecule has 4 aromatic carbocycles.